The van der Waals surface area contributed by atoms with Gasteiger partial charge in [-0.25, -0.2) is 0 Å². The summed E-state index contributed by atoms with van der Waals surface area (Å²) in [5.74, 6) is -0.928. The fraction of sp³-hybridized carbons (Fsp3) is 1.00. The SMILES string of the molecule is CC1OC1P(=O)([O-])O.[Na+]. The topological polar surface area (TPSA) is 72.9 Å². The van der Waals surface area contributed by atoms with Crippen LogP contribution in [-0.4, -0.2) is 16.8 Å². The van der Waals surface area contributed by atoms with Gasteiger partial charge in [0, 0.05) is 0 Å². The quantitative estimate of drug-likeness (QED) is 0.243. The predicted molar refractivity (Wildman–Crippen MR) is 24.2 cm³/mol. The molecule has 3 unspecified atom stereocenters. The zero-order chi connectivity index (χ0) is 6.36. The molecule has 0 aliphatic carbocycles. The van der Waals surface area contributed by atoms with Gasteiger partial charge in [0.1, 0.15) is 5.85 Å². The smallest absolute Gasteiger partial charge is 0.777 e. The van der Waals surface area contributed by atoms with Gasteiger partial charge in [-0.1, -0.05) is 0 Å². The normalized spacial score (nSPS) is 38.6. The van der Waals surface area contributed by atoms with Gasteiger partial charge in [-0.3, -0.25) is 0 Å². The number of hydrogen-bond donors (Lipinski definition) is 1. The molecule has 1 rings (SSSR count). The summed E-state index contributed by atoms with van der Waals surface area (Å²) in [7, 11) is -4.15. The average Bonchev–Trinajstić information content (AvgIpc) is 2.13. The predicted octanol–water partition coefficient (Wildman–Crippen LogP) is -3.72. The van der Waals surface area contributed by atoms with E-state index in [4.69, 9.17) is 4.89 Å². The van der Waals surface area contributed by atoms with E-state index in [9.17, 15) is 9.46 Å². The van der Waals surface area contributed by atoms with Crippen molar-refractivity contribution in [1.29, 1.82) is 0 Å². The van der Waals surface area contributed by atoms with Crippen molar-refractivity contribution >= 4 is 7.60 Å². The summed E-state index contributed by atoms with van der Waals surface area (Å²) in [5.41, 5.74) is 0. The third kappa shape index (κ3) is 2.68. The van der Waals surface area contributed by atoms with Crippen LogP contribution in [0.25, 0.3) is 0 Å². The largest absolute Gasteiger partial charge is 1.00 e. The fourth-order valence-corrected chi connectivity index (χ4v) is 1.39. The van der Waals surface area contributed by atoms with E-state index in [1.165, 1.54) is 0 Å². The molecule has 0 saturated carbocycles. The Labute approximate surface area is 75.0 Å². The number of epoxide rings is 1. The minimum Gasteiger partial charge on any atom is -0.777 e. The van der Waals surface area contributed by atoms with E-state index in [0.29, 0.717) is 0 Å². The molecule has 3 atom stereocenters. The number of rotatable bonds is 1. The molecule has 1 N–H and O–H groups in total. The molecular formula is C3H6NaO4P. The van der Waals surface area contributed by atoms with E-state index in [-0.39, 0.29) is 35.7 Å². The Hall–Kier alpha value is 1.11. The average molecular weight is 160 g/mol. The zero-order valence-electron chi connectivity index (χ0n) is 5.27. The van der Waals surface area contributed by atoms with Crippen molar-refractivity contribution in [2.45, 2.75) is 18.9 Å². The van der Waals surface area contributed by atoms with E-state index in [1.807, 2.05) is 0 Å². The van der Waals surface area contributed by atoms with Gasteiger partial charge < -0.3 is 19.1 Å². The third-order valence-electron chi connectivity index (χ3n) is 1.00. The molecule has 1 saturated heterocycles. The van der Waals surface area contributed by atoms with Crippen LogP contribution >= 0.6 is 7.60 Å². The van der Waals surface area contributed by atoms with Crippen LogP contribution in [0.5, 0.6) is 0 Å². The number of hydrogen-bond acceptors (Lipinski definition) is 3. The van der Waals surface area contributed by atoms with Crippen LogP contribution in [-0.2, 0) is 9.30 Å². The van der Waals surface area contributed by atoms with Crippen molar-refractivity contribution in [3.63, 3.8) is 0 Å². The molecule has 0 radical (unpaired) electrons. The molecule has 1 heterocycles. The number of ether oxygens (including phenoxy) is 1. The van der Waals surface area contributed by atoms with Crippen molar-refractivity contribution in [2.24, 2.45) is 0 Å². The molecule has 0 aromatic rings. The fourth-order valence-electron chi connectivity index (χ4n) is 0.517. The van der Waals surface area contributed by atoms with Gasteiger partial charge in [-0.2, -0.15) is 0 Å². The molecule has 0 bridgehead atoms. The molecule has 0 aromatic heterocycles. The van der Waals surface area contributed by atoms with Crippen molar-refractivity contribution in [1.82, 2.24) is 0 Å². The van der Waals surface area contributed by atoms with Crippen molar-refractivity contribution in [2.75, 3.05) is 0 Å². The first-order valence-electron chi connectivity index (χ1n) is 2.21. The first kappa shape index (κ1) is 10.1. The molecule has 4 nitrogen and oxygen atoms in total. The molecule has 9 heavy (non-hydrogen) atoms. The van der Waals surface area contributed by atoms with E-state index in [2.05, 4.69) is 4.74 Å². The van der Waals surface area contributed by atoms with Gasteiger partial charge in [0.25, 0.3) is 0 Å². The van der Waals surface area contributed by atoms with E-state index < -0.39 is 13.4 Å². The van der Waals surface area contributed by atoms with Crippen LogP contribution in [0.15, 0.2) is 0 Å². The van der Waals surface area contributed by atoms with Crippen LogP contribution in [0.1, 0.15) is 6.92 Å². The van der Waals surface area contributed by atoms with Crippen LogP contribution in [0, 0.1) is 0 Å². The molecular weight excluding hydrogens is 154 g/mol. The van der Waals surface area contributed by atoms with Gasteiger partial charge in [0.05, 0.1) is 6.10 Å². The second-order valence-electron chi connectivity index (χ2n) is 1.80. The third-order valence-corrected chi connectivity index (χ3v) is 2.19. The van der Waals surface area contributed by atoms with Crippen molar-refractivity contribution in [3.05, 3.63) is 0 Å². The summed E-state index contributed by atoms with van der Waals surface area (Å²) >= 11 is 0. The zero-order valence-corrected chi connectivity index (χ0v) is 8.17. The maximum absolute atomic E-state index is 10.1. The molecule has 0 aromatic carbocycles. The van der Waals surface area contributed by atoms with E-state index in [0.717, 1.165) is 0 Å². The van der Waals surface area contributed by atoms with Gasteiger partial charge in [-0.15, -0.1) is 0 Å². The Bertz CT molecular complexity index is 143. The summed E-state index contributed by atoms with van der Waals surface area (Å²) in [6, 6.07) is 0. The molecule has 0 amide bonds. The maximum atomic E-state index is 10.1. The van der Waals surface area contributed by atoms with Crippen LogP contribution < -0.4 is 34.5 Å². The second kappa shape index (κ2) is 3.01. The Morgan fingerprint density at radius 2 is 2.11 bits per heavy atom. The minimum absolute atomic E-state index is 0. The molecule has 1 aliphatic heterocycles. The van der Waals surface area contributed by atoms with Crippen LogP contribution in [0.2, 0.25) is 0 Å². The van der Waals surface area contributed by atoms with Gasteiger partial charge in [0.15, 0.2) is 7.60 Å². The van der Waals surface area contributed by atoms with E-state index in [1.54, 1.807) is 6.92 Å². The molecule has 0 spiro atoms. The summed E-state index contributed by atoms with van der Waals surface area (Å²) in [4.78, 5) is 18.3. The Kier molecular flexibility index (Phi) is 3.38. The Morgan fingerprint density at radius 3 is 2.11 bits per heavy atom. The molecule has 1 aliphatic rings. The van der Waals surface area contributed by atoms with Crippen LogP contribution in [0.4, 0.5) is 0 Å². The van der Waals surface area contributed by atoms with Crippen LogP contribution in [0.3, 0.4) is 0 Å². The van der Waals surface area contributed by atoms with Crippen molar-refractivity contribution < 1.29 is 48.6 Å². The van der Waals surface area contributed by atoms with E-state index >= 15 is 0 Å². The summed E-state index contributed by atoms with van der Waals surface area (Å²) in [6.07, 6.45) is -0.316. The summed E-state index contributed by atoms with van der Waals surface area (Å²) < 4.78 is 14.5. The molecule has 6 heteroatoms. The molecule has 1 fully saturated rings. The van der Waals surface area contributed by atoms with Gasteiger partial charge in [0.2, 0.25) is 0 Å². The van der Waals surface area contributed by atoms with Crippen molar-refractivity contribution in [3.8, 4) is 0 Å². The van der Waals surface area contributed by atoms with Gasteiger partial charge in [-0.05, 0) is 6.92 Å². The first-order valence-corrected chi connectivity index (χ1v) is 3.85. The second-order valence-corrected chi connectivity index (χ2v) is 3.43. The van der Waals surface area contributed by atoms with Gasteiger partial charge >= 0.3 is 29.6 Å². The Balaban J connectivity index is 0.000000640. The monoisotopic (exact) mass is 160 g/mol. The summed E-state index contributed by atoms with van der Waals surface area (Å²) in [5, 5.41) is 0. The maximum Gasteiger partial charge on any atom is 1.00 e. The first-order chi connectivity index (χ1) is 3.52. The molecule has 48 valence electrons. The minimum atomic E-state index is -4.15. The standard InChI is InChI=1S/C3H7O4P.Na/c1-2-3(7-2)8(4,5)6;/h2-3H,1H3,(H2,4,5,6);/q;+1/p-1. The Morgan fingerprint density at radius 1 is 1.78 bits per heavy atom. The summed E-state index contributed by atoms with van der Waals surface area (Å²) in [6.45, 7) is 1.59.